The van der Waals surface area contributed by atoms with Gasteiger partial charge in [-0.05, 0) is 70.6 Å². The maximum atomic E-state index is 12.1. The summed E-state index contributed by atoms with van der Waals surface area (Å²) in [5.74, 6) is 0.257. The van der Waals surface area contributed by atoms with Crippen LogP contribution in [0.15, 0.2) is 48.5 Å². The van der Waals surface area contributed by atoms with Gasteiger partial charge in [-0.1, -0.05) is 38.1 Å². The summed E-state index contributed by atoms with van der Waals surface area (Å²) in [6.07, 6.45) is 0. The van der Waals surface area contributed by atoms with Crippen LogP contribution in [0.4, 0.5) is 0 Å². The second-order valence-electron chi connectivity index (χ2n) is 5.95. The molecule has 0 aliphatic heterocycles. The highest BCUT2D eigenvalue weighted by atomic mass is 127. The molecule has 2 aromatic rings. The van der Waals surface area contributed by atoms with Crippen LogP contribution < -0.4 is 20.9 Å². The third-order valence-corrected chi connectivity index (χ3v) is 4.72. The quantitative estimate of drug-likeness (QED) is 0.336. The van der Waals surface area contributed by atoms with Gasteiger partial charge in [-0.3, -0.25) is 25.8 Å². The van der Waals surface area contributed by atoms with Crippen LogP contribution in [0, 0.1) is 3.57 Å². The molecule has 0 radical (unpaired) electrons. The SMILES string of the molecule is CC(C)c1ccc(OCC(=O)NNC(=S)NC(=O)c2ccccc2I)cc1. The number of nitrogens with one attached hydrogen (secondary N) is 3. The molecule has 0 heterocycles. The molecule has 0 bridgehead atoms. The van der Waals surface area contributed by atoms with Gasteiger partial charge < -0.3 is 4.74 Å². The monoisotopic (exact) mass is 497 g/mol. The van der Waals surface area contributed by atoms with Crippen molar-refractivity contribution in [3.05, 3.63) is 63.2 Å². The average molecular weight is 497 g/mol. The van der Waals surface area contributed by atoms with E-state index in [2.05, 4.69) is 52.6 Å². The Balaban J connectivity index is 1.74. The van der Waals surface area contributed by atoms with Crippen molar-refractivity contribution in [1.29, 1.82) is 0 Å². The zero-order valence-electron chi connectivity index (χ0n) is 14.9. The van der Waals surface area contributed by atoms with Gasteiger partial charge in [0.25, 0.3) is 11.8 Å². The van der Waals surface area contributed by atoms with Crippen molar-refractivity contribution in [3.63, 3.8) is 0 Å². The second-order valence-corrected chi connectivity index (χ2v) is 7.52. The van der Waals surface area contributed by atoms with Crippen LogP contribution in [0.5, 0.6) is 5.75 Å². The van der Waals surface area contributed by atoms with Gasteiger partial charge in [-0.15, -0.1) is 0 Å². The van der Waals surface area contributed by atoms with E-state index < -0.39 is 5.91 Å². The molecule has 0 aromatic heterocycles. The maximum absolute atomic E-state index is 12.1. The molecular formula is C19H20IN3O3S. The molecule has 27 heavy (non-hydrogen) atoms. The highest BCUT2D eigenvalue weighted by molar-refractivity contribution is 14.1. The lowest BCUT2D eigenvalue weighted by Crippen LogP contribution is -2.49. The van der Waals surface area contributed by atoms with Crippen LogP contribution in [0.25, 0.3) is 0 Å². The molecule has 0 aliphatic rings. The first-order chi connectivity index (χ1) is 12.9. The number of amides is 2. The lowest BCUT2D eigenvalue weighted by atomic mass is 10.0. The molecule has 2 amide bonds. The van der Waals surface area contributed by atoms with Crippen LogP contribution in [-0.2, 0) is 4.79 Å². The van der Waals surface area contributed by atoms with Crippen molar-refractivity contribution in [2.75, 3.05) is 6.61 Å². The van der Waals surface area contributed by atoms with Gasteiger partial charge in [0, 0.05) is 3.57 Å². The van der Waals surface area contributed by atoms with E-state index in [1.165, 1.54) is 5.56 Å². The van der Waals surface area contributed by atoms with E-state index >= 15 is 0 Å². The predicted molar refractivity (Wildman–Crippen MR) is 117 cm³/mol. The Hall–Kier alpha value is -2.20. The van der Waals surface area contributed by atoms with Gasteiger partial charge in [0.2, 0.25) is 0 Å². The van der Waals surface area contributed by atoms with Crippen molar-refractivity contribution in [1.82, 2.24) is 16.2 Å². The fourth-order valence-corrected chi connectivity index (χ4v) is 2.88. The zero-order valence-corrected chi connectivity index (χ0v) is 17.9. The van der Waals surface area contributed by atoms with Crippen LogP contribution in [-0.4, -0.2) is 23.5 Å². The average Bonchev–Trinajstić information content (AvgIpc) is 2.65. The van der Waals surface area contributed by atoms with Gasteiger partial charge in [-0.25, -0.2) is 0 Å². The number of carbonyl (C=O) groups excluding carboxylic acids is 2. The molecule has 2 rings (SSSR count). The van der Waals surface area contributed by atoms with Crippen LogP contribution in [0.1, 0.15) is 35.7 Å². The van der Waals surface area contributed by atoms with Gasteiger partial charge in [-0.2, -0.15) is 0 Å². The Morgan fingerprint density at radius 3 is 2.37 bits per heavy atom. The van der Waals surface area contributed by atoms with Crippen molar-refractivity contribution in [3.8, 4) is 5.75 Å². The summed E-state index contributed by atoms with van der Waals surface area (Å²) >= 11 is 7.07. The smallest absolute Gasteiger partial charge is 0.276 e. The first-order valence-corrected chi connectivity index (χ1v) is 9.73. The largest absolute Gasteiger partial charge is 0.484 e. The molecule has 0 unspecified atom stereocenters. The number of halogens is 1. The van der Waals surface area contributed by atoms with Gasteiger partial charge >= 0.3 is 0 Å². The Morgan fingerprint density at radius 1 is 1.07 bits per heavy atom. The number of hydrazine groups is 1. The molecule has 0 spiro atoms. The summed E-state index contributed by atoms with van der Waals surface area (Å²) in [5.41, 5.74) is 6.56. The highest BCUT2D eigenvalue weighted by Gasteiger charge is 2.11. The fraction of sp³-hybridized carbons (Fsp3) is 0.211. The molecule has 0 saturated heterocycles. The molecule has 0 fully saturated rings. The van der Waals surface area contributed by atoms with Crippen LogP contribution >= 0.6 is 34.8 Å². The molecule has 6 nitrogen and oxygen atoms in total. The Morgan fingerprint density at radius 2 is 1.74 bits per heavy atom. The second kappa shape index (κ2) is 10.2. The normalized spacial score (nSPS) is 10.2. The summed E-state index contributed by atoms with van der Waals surface area (Å²) in [4.78, 5) is 24.0. The number of hydrogen-bond donors (Lipinski definition) is 3. The lowest BCUT2D eigenvalue weighted by molar-refractivity contribution is -0.123. The van der Waals surface area contributed by atoms with Crippen LogP contribution in [0.2, 0.25) is 0 Å². The Labute approximate surface area is 177 Å². The Kier molecular flexibility index (Phi) is 7.99. The number of benzene rings is 2. The lowest BCUT2D eigenvalue weighted by Gasteiger charge is -2.12. The first kappa shape index (κ1) is 21.1. The third-order valence-electron chi connectivity index (χ3n) is 3.58. The number of thiocarbonyl (C=S) groups is 1. The standard InChI is InChI=1S/C19H20IN3O3S/c1-12(2)13-7-9-14(10-8-13)26-11-17(24)22-23-19(27)21-18(25)15-5-3-4-6-16(15)20/h3-10,12H,11H2,1-2H3,(H,22,24)(H2,21,23,25,27). The van der Waals surface area contributed by atoms with Gasteiger partial charge in [0.15, 0.2) is 11.7 Å². The van der Waals surface area contributed by atoms with Crippen molar-refractivity contribution in [2.45, 2.75) is 19.8 Å². The summed E-state index contributed by atoms with van der Waals surface area (Å²) < 4.78 is 6.22. The summed E-state index contributed by atoms with van der Waals surface area (Å²) in [6, 6.07) is 14.7. The van der Waals surface area contributed by atoms with Gasteiger partial charge in [0.1, 0.15) is 5.75 Å². The van der Waals surface area contributed by atoms with Crippen LogP contribution in [0.3, 0.4) is 0 Å². The highest BCUT2D eigenvalue weighted by Crippen LogP contribution is 2.18. The number of carbonyl (C=O) groups is 2. The minimum Gasteiger partial charge on any atom is -0.484 e. The molecule has 8 heteroatoms. The zero-order chi connectivity index (χ0) is 19.8. The van der Waals surface area contributed by atoms with E-state index in [-0.39, 0.29) is 17.6 Å². The van der Waals surface area contributed by atoms with Crippen molar-refractivity contribution >= 4 is 51.7 Å². The molecule has 0 atom stereocenters. The molecular weight excluding hydrogens is 477 g/mol. The summed E-state index contributed by atoms with van der Waals surface area (Å²) in [6.45, 7) is 4.03. The van der Waals surface area contributed by atoms with Gasteiger partial charge in [0.05, 0.1) is 5.56 Å². The van der Waals surface area contributed by atoms with E-state index in [1.807, 2.05) is 36.4 Å². The van der Waals surface area contributed by atoms with Crippen molar-refractivity contribution < 1.29 is 14.3 Å². The first-order valence-electron chi connectivity index (χ1n) is 8.24. The number of hydrogen-bond acceptors (Lipinski definition) is 4. The molecule has 3 N–H and O–H groups in total. The molecule has 142 valence electrons. The van der Waals surface area contributed by atoms with E-state index in [0.717, 1.165) is 3.57 Å². The number of rotatable bonds is 5. The predicted octanol–water partition coefficient (Wildman–Crippen LogP) is 3.13. The fourth-order valence-electron chi connectivity index (χ4n) is 2.11. The minimum atomic E-state index is -0.422. The topological polar surface area (TPSA) is 79.5 Å². The number of ether oxygens (including phenoxy) is 1. The van der Waals surface area contributed by atoms with E-state index in [1.54, 1.807) is 12.1 Å². The van der Waals surface area contributed by atoms with E-state index in [0.29, 0.717) is 17.2 Å². The third kappa shape index (κ3) is 6.79. The molecule has 0 aliphatic carbocycles. The van der Waals surface area contributed by atoms with E-state index in [9.17, 15) is 9.59 Å². The maximum Gasteiger partial charge on any atom is 0.276 e. The minimum absolute atomic E-state index is 0.00529. The van der Waals surface area contributed by atoms with E-state index in [4.69, 9.17) is 17.0 Å². The Bertz CT molecular complexity index is 825. The molecule has 0 saturated carbocycles. The molecule has 2 aromatic carbocycles. The summed E-state index contributed by atoms with van der Waals surface area (Å²) in [5, 5.41) is 2.50. The van der Waals surface area contributed by atoms with Crippen molar-refractivity contribution in [2.24, 2.45) is 0 Å². The summed E-state index contributed by atoms with van der Waals surface area (Å²) in [7, 11) is 0.